The molecule has 14 heteroatoms. The van der Waals surface area contributed by atoms with Crippen LogP contribution in [0.1, 0.15) is 30.5 Å². The van der Waals surface area contributed by atoms with Crippen molar-refractivity contribution < 1.29 is 36.9 Å². The van der Waals surface area contributed by atoms with Crippen LogP contribution in [-0.2, 0) is 35.6 Å². The average molecular weight is 585 g/mol. The second-order valence-corrected chi connectivity index (χ2v) is 11.0. The van der Waals surface area contributed by atoms with Gasteiger partial charge < -0.3 is 15.4 Å². The van der Waals surface area contributed by atoms with Gasteiger partial charge in [-0.2, -0.15) is 8.70 Å². The first-order chi connectivity index (χ1) is 19.5. The van der Waals surface area contributed by atoms with E-state index in [0.29, 0.717) is 17.7 Å². The van der Waals surface area contributed by atoms with Crippen LogP contribution in [-0.4, -0.2) is 48.6 Å². The molecule has 1 aliphatic heterocycles. The molecule has 2 amide bonds. The number of carbonyl (C=O) groups is 3. The molecule has 41 heavy (non-hydrogen) atoms. The zero-order valence-electron chi connectivity index (χ0n) is 21.7. The molecule has 3 aromatic carbocycles. The molecule has 4 rings (SSSR count). The highest BCUT2D eigenvalue weighted by molar-refractivity contribution is 7.89. The first-order valence-electron chi connectivity index (χ1n) is 12.3. The molecule has 0 spiro atoms. The van der Waals surface area contributed by atoms with Crippen molar-refractivity contribution in [3.05, 3.63) is 93.8 Å². The Morgan fingerprint density at radius 1 is 1.05 bits per heavy atom. The van der Waals surface area contributed by atoms with Crippen LogP contribution in [0.5, 0.6) is 0 Å². The van der Waals surface area contributed by atoms with E-state index in [4.69, 9.17) is 4.74 Å². The fourth-order valence-corrected chi connectivity index (χ4v) is 6.07. The quantitative estimate of drug-likeness (QED) is 0.219. The van der Waals surface area contributed by atoms with Crippen molar-refractivity contribution in [2.45, 2.75) is 30.7 Å². The van der Waals surface area contributed by atoms with Gasteiger partial charge in [0.05, 0.1) is 22.3 Å². The summed E-state index contributed by atoms with van der Waals surface area (Å²) in [6, 6.07) is 14.6. The summed E-state index contributed by atoms with van der Waals surface area (Å²) < 4.78 is 47.1. The fraction of sp³-hybridized carbons (Fsp3) is 0.222. The zero-order chi connectivity index (χ0) is 29.7. The van der Waals surface area contributed by atoms with Gasteiger partial charge in [0.1, 0.15) is 0 Å². The predicted molar refractivity (Wildman–Crippen MR) is 145 cm³/mol. The fourth-order valence-electron chi connectivity index (χ4n) is 4.47. The molecular formula is C27H25FN4O8S. The van der Waals surface area contributed by atoms with E-state index in [0.717, 1.165) is 23.8 Å². The second kappa shape index (κ2) is 12.2. The van der Waals surface area contributed by atoms with E-state index in [1.807, 2.05) is 12.1 Å². The van der Waals surface area contributed by atoms with Gasteiger partial charge in [-0.05, 0) is 53.9 Å². The van der Waals surface area contributed by atoms with Crippen molar-refractivity contribution in [3.63, 3.8) is 0 Å². The molecule has 3 aromatic rings. The summed E-state index contributed by atoms with van der Waals surface area (Å²) in [7, 11) is -4.08. The first-order valence-corrected chi connectivity index (χ1v) is 13.8. The molecule has 0 saturated heterocycles. The van der Waals surface area contributed by atoms with Gasteiger partial charge in [-0.1, -0.05) is 24.3 Å². The number of benzene rings is 3. The van der Waals surface area contributed by atoms with Crippen molar-refractivity contribution in [2.75, 3.05) is 23.8 Å². The van der Waals surface area contributed by atoms with Crippen LogP contribution in [0, 0.1) is 15.9 Å². The van der Waals surface area contributed by atoms with Gasteiger partial charge in [-0.15, -0.1) is 0 Å². The standard InChI is InChI=1S/C27H25FN4O8S/c1-17(33)29-19-6-9-21(10-7-19)41(38,39)31-13-12-18-4-2-3-5-22(18)24(31)15-27(35)40-16-26(34)30-20-8-11-23(28)25(14-20)32(36)37/h2-11,14,24H,12-13,15-16H2,1H3,(H,29,33)(H,30,34). The molecular weight excluding hydrogens is 559 g/mol. The average Bonchev–Trinajstić information content (AvgIpc) is 2.93. The normalized spacial score (nSPS) is 14.9. The lowest BCUT2D eigenvalue weighted by atomic mass is 9.92. The van der Waals surface area contributed by atoms with Gasteiger partial charge in [0.2, 0.25) is 21.7 Å². The first kappa shape index (κ1) is 29.3. The summed E-state index contributed by atoms with van der Waals surface area (Å²) >= 11 is 0. The maximum absolute atomic E-state index is 13.6. The lowest BCUT2D eigenvalue weighted by Crippen LogP contribution is -2.41. The predicted octanol–water partition coefficient (Wildman–Crippen LogP) is 3.55. The molecule has 1 unspecified atom stereocenters. The smallest absolute Gasteiger partial charge is 0.308 e. The summed E-state index contributed by atoms with van der Waals surface area (Å²) in [5.74, 6) is -3.06. The monoisotopic (exact) mass is 584 g/mol. The van der Waals surface area contributed by atoms with Crippen LogP contribution in [0.4, 0.5) is 21.5 Å². The number of nitrogens with one attached hydrogen (secondary N) is 2. The Morgan fingerprint density at radius 3 is 2.41 bits per heavy atom. The number of rotatable bonds is 9. The van der Waals surface area contributed by atoms with Crippen molar-refractivity contribution in [2.24, 2.45) is 0 Å². The molecule has 1 atom stereocenters. The maximum atomic E-state index is 13.6. The topological polar surface area (TPSA) is 165 Å². The summed E-state index contributed by atoms with van der Waals surface area (Å²) in [6.07, 6.45) is 0.0205. The van der Waals surface area contributed by atoms with Crippen LogP contribution < -0.4 is 10.6 Å². The molecule has 0 fully saturated rings. The van der Waals surface area contributed by atoms with Crippen molar-refractivity contribution in [1.82, 2.24) is 4.31 Å². The number of nitrogens with zero attached hydrogens (tertiary/aromatic N) is 2. The minimum atomic E-state index is -4.08. The maximum Gasteiger partial charge on any atom is 0.308 e. The Labute approximate surface area is 234 Å². The molecule has 0 bridgehead atoms. The molecule has 2 N–H and O–H groups in total. The molecule has 12 nitrogen and oxygen atoms in total. The number of ether oxygens (including phenoxy) is 1. The van der Waals surface area contributed by atoms with E-state index in [9.17, 15) is 37.3 Å². The second-order valence-electron chi connectivity index (χ2n) is 9.12. The molecule has 0 radical (unpaired) electrons. The number of sulfonamides is 1. The van der Waals surface area contributed by atoms with Gasteiger partial charge in [0, 0.05) is 30.9 Å². The van der Waals surface area contributed by atoms with Crippen LogP contribution in [0.3, 0.4) is 0 Å². The van der Waals surface area contributed by atoms with Crippen LogP contribution in [0.2, 0.25) is 0 Å². The van der Waals surface area contributed by atoms with E-state index in [2.05, 4.69) is 10.6 Å². The zero-order valence-corrected chi connectivity index (χ0v) is 22.5. The van der Waals surface area contributed by atoms with Crippen LogP contribution in [0.15, 0.2) is 71.6 Å². The highest BCUT2D eigenvalue weighted by Gasteiger charge is 2.38. The number of nitro groups is 1. The largest absolute Gasteiger partial charge is 0.456 e. The number of hydrogen-bond donors (Lipinski definition) is 2. The van der Waals surface area contributed by atoms with Crippen molar-refractivity contribution in [3.8, 4) is 0 Å². The van der Waals surface area contributed by atoms with E-state index >= 15 is 0 Å². The van der Waals surface area contributed by atoms with Gasteiger partial charge in [-0.3, -0.25) is 24.5 Å². The Bertz CT molecular complexity index is 1610. The Kier molecular flexibility index (Phi) is 8.74. The lowest BCUT2D eigenvalue weighted by molar-refractivity contribution is -0.387. The molecule has 214 valence electrons. The number of nitro benzene ring substituents is 1. The molecule has 0 saturated carbocycles. The summed E-state index contributed by atoms with van der Waals surface area (Å²) in [6.45, 7) is 0.669. The summed E-state index contributed by atoms with van der Waals surface area (Å²) in [5.41, 5.74) is 1.02. The van der Waals surface area contributed by atoms with E-state index in [-0.39, 0.29) is 23.0 Å². The number of amides is 2. The number of halogens is 1. The molecule has 0 aliphatic carbocycles. The van der Waals surface area contributed by atoms with Gasteiger partial charge in [0.25, 0.3) is 5.91 Å². The van der Waals surface area contributed by atoms with Gasteiger partial charge >= 0.3 is 11.7 Å². The minimum Gasteiger partial charge on any atom is -0.456 e. The Hall–Kier alpha value is -4.69. The number of hydrogen-bond acceptors (Lipinski definition) is 8. The van der Waals surface area contributed by atoms with E-state index in [1.54, 1.807) is 12.1 Å². The number of anilines is 2. The third-order valence-electron chi connectivity index (χ3n) is 6.30. The van der Waals surface area contributed by atoms with Crippen LogP contribution in [0.25, 0.3) is 0 Å². The summed E-state index contributed by atoms with van der Waals surface area (Å²) in [5, 5.41) is 15.8. The number of esters is 1. The highest BCUT2D eigenvalue weighted by atomic mass is 32.2. The van der Waals surface area contributed by atoms with Gasteiger partial charge in [0.15, 0.2) is 6.61 Å². The van der Waals surface area contributed by atoms with Crippen LogP contribution >= 0.6 is 0 Å². The van der Waals surface area contributed by atoms with E-state index < -0.39 is 57.4 Å². The lowest BCUT2D eigenvalue weighted by Gasteiger charge is -2.36. The number of fused-ring (bicyclic) bond motifs is 1. The molecule has 1 aliphatic rings. The van der Waals surface area contributed by atoms with Crippen molar-refractivity contribution in [1.29, 1.82) is 0 Å². The molecule has 0 aromatic heterocycles. The SMILES string of the molecule is CC(=O)Nc1ccc(S(=O)(=O)N2CCc3ccccc3C2CC(=O)OCC(=O)Nc2ccc(F)c([N+](=O)[O-])c2)cc1. The third kappa shape index (κ3) is 6.91. The van der Waals surface area contributed by atoms with Gasteiger partial charge in [-0.25, -0.2) is 8.42 Å². The third-order valence-corrected chi connectivity index (χ3v) is 8.22. The Morgan fingerprint density at radius 2 is 1.73 bits per heavy atom. The minimum absolute atomic E-state index is 0.0304. The highest BCUT2D eigenvalue weighted by Crippen LogP contribution is 2.36. The van der Waals surface area contributed by atoms with Crippen molar-refractivity contribution >= 4 is 44.9 Å². The molecule has 1 heterocycles. The van der Waals surface area contributed by atoms with E-state index in [1.165, 1.54) is 35.5 Å². The number of carbonyl (C=O) groups excluding carboxylic acids is 3. The Balaban J connectivity index is 1.48. The summed E-state index contributed by atoms with van der Waals surface area (Å²) in [4.78, 5) is 46.4.